The van der Waals surface area contributed by atoms with Crippen molar-refractivity contribution in [1.82, 2.24) is 15.4 Å². The number of benzene rings is 2. The first-order valence-corrected chi connectivity index (χ1v) is 8.02. The summed E-state index contributed by atoms with van der Waals surface area (Å²) in [6.07, 6.45) is 4.60. The second-order valence-electron chi connectivity index (χ2n) is 5.63. The summed E-state index contributed by atoms with van der Waals surface area (Å²) < 4.78 is 5.14. The van der Waals surface area contributed by atoms with E-state index in [4.69, 9.17) is 4.74 Å². The van der Waals surface area contributed by atoms with Gasteiger partial charge in [0.15, 0.2) is 0 Å². The fourth-order valence-corrected chi connectivity index (χ4v) is 2.35. The number of ether oxygens (including phenoxy) is 1. The molecule has 0 saturated carbocycles. The van der Waals surface area contributed by atoms with Crippen LogP contribution in [0.2, 0.25) is 0 Å². The molecule has 0 aliphatic carbocycles. The maximum atomic E-state index is 12.2. The van der Waals surface area contributed by atoms with Crippen LogP contribution in [0.5, 0.6) is 5.75 Å². The molecule has 130 valence electrons. The van der Waals surface area contributed by atoms with Crippen molar-refractivity contribution in [2.75, 3.05) is 7.11 Å². The summed E-state index contributed by atoms with van der Waals surface area (Å²) >= 11 is 0. The van der Waals surface area contributed by atoms with Gasteiger partial charge in [-0.15, -0.1) is 0 Å². The number of hydrogen-bond donors (Lipinski definition) is 1. The Hall–Kier alpha value is -3.54. The number of carbonyl (C=O) groups excluding carboxylic acids is 1. The van der Waals surface area contributed by atoms with Crippen LogP contribution in [0.15, 0.2) is 66.0 Å². The Balaban J connectivity index is 1.71. The van der Waals surface area contributed by atoms with Crippen molar-refractivity contribution in [2.45, 2.75) is 6.92 Å². The fourth-order valence-electron chi connectivity index (χ4n) is 2.35. The molecular weight excluding hydrogens is 328 g/mol. The van der Waals surface area contributed by atoms with Crippen LogP contribution in [0.3, 0.4) is 0 Å². The zero-order chi connectivity index (χ0) is 18.4. The molecule has 0 bridgehead atoms. The summed E-state index contributed by atoms with van der Waals surface area (Å²) in [4.78, 5) is 20.7. The lowest BCUT2D eigenvalue weighted by molar-refractivity contribution is 0.0950. The minimum atomic E-state index is -0.420. The molecule has 0 aliphatic rings. The van der Waals surface area contributed by atoms with Crippen molar-refractivity contribution in [3.8, 4) is 17.0 Å². The summed E-state index contributed by atoms with van der Waals surface area (Å²) in [6, 6.07) is 15.2. The molecule has 1 aromatic heterocycles. The first-order valence-electron chi connectivity index (χ1n) is 8.02. The Morgan fingerprint density at radius 3 is 2.69 bits per heavy atom. The van der Waals surface area contributed by atoms with Crippen molar-refractivity contribution in [3.05, 3.63) is 77.7 Å². The van der Waals surface area contributed by atoms with Crippen LogP contribution in [0.4, 0.5) is 0 Å². The molecule has 1 amide bonds. The van der Waals surface area contributed by atoms with E-state index >= 15 is 0 Å². The van der Waals surface area contributed by atoms with E-state index in [1.54, 1.807) is 19.5 Å². The lowest BCUT2D eigenvalue weighted by atomic mass is 10.1. The first-order chi connectivity index (χ1) is 12.7. The molecular formula is C20H18N4O2. The van der Waals surface area contributed by atoms with Crippen molar-refractivity contribution in [2.24, 2.45) is 5.10 Å². The Morgan fingerprint density at radius 1 is 1.15 bits per heavy atom. The van der Waals surface area contributed by atoms with E-state index in [0.29, 0.717) is 5.69 Å². The monoisotopic (exact) mass is 346 g/mol. The van der Waals surface area contributed by atoms with Gasteiger partial charge in [0.1, 0.15) is 11.4 Å². The van der Waals surface area contributed by atoms with E-state index in [1.807, 2.05) is 55.5 Å². The molecule has 0 atom stereocenters. The number of carbonyl (C=O) groups is 1. The third-order valence-corrected chi connectivity index (χ3v) is 3.67. The lowest BCUT2D eigenvalue weighted by Crippen LogP contribution is -2.19. The minimum Gasteiger partial charge on any atom is -0.497 e. The van der Waals surface area contributed by atoms with Gasteiger partial charge in [-0.3, -0.25) is 9.78 Å². The van der Waals surface area contributed by atoms with Gasteiger partial charge in [-0.25, -0.2) is 10.4 Å². The van der Waals surface area contributed by atoms with Gasteiger partial charge in [0.05, 0.1) is 31.4 Å². The van der Waals surface area contributed by atoms with Crippen LogP contribution < -0.4 is 10.2 Å². The van der Waals surface area contributed by atoms with Crippen molar-refractivity contribution in [3.63, 3.8) is 0 Å². The van der Waals surface area contributed by atoms with Gasteiger partial charge in [0.25, 0.3) is 5.91 Å². The highest BCUT2D eigenvalue weighted by molar-refractivity contribution is 5.93. The molecule has 3 aromatic rings. The average molecular weight is 346 g/mol. The van der Waals surface area contributed by atoms with Crippen LogP contribution in [0, 0.1) is 6.92 Å². The molecule has 0 unspecified atom stereocenters. The zero-order valence-electron chi connectivity index (χ0n) is 14.5. The molecule has 1 heterocycles. The molecule has 0 fully saturated rings. The Kier molecular flexibility index (Phi) is 5.34. The summed E-state index contributed by atoms with van der Waals surface area (Å²) in [5.74, 6) is 0.331. The summed E-state index contributed by atoms with van der Waals surface area (Å²) in [5, 5.41) is 3.98. The SMILES string of the molecule is COc1ccc(-c2cncc(C(=O)N/N=C/c3cccc(C)c3)n2)cc1. The molecule has 3 rings (SSSR count). The Morgan fingerprint density at radius 2 is 1.96 bits per heavy atom. The normalized spacial score (nSPS) is 10.7. The third kappa shape index (κ3) is 4.30. The number of rotatable bonds is 5. The quantitative estimate of drug-likeness (QED) is 0.568. The van der Waals surface area contributed by atoms with E-state index in [1.165, 1.54) is 6.20 Å². The molecule has 26 heavy (non-hydrogen) atoms. The number of hydrogen-bond acceptors (Lipinski definition) is 5. The van der Waals surface area contributed by atoms with Gasteiger partial charge in [-0.1, -0.05) is 29.8 Å². The summed E-state index contributed by atoms with van der Waals surface area (Å²) in [5.41, 5.74) is 6.14. The van der Waals surface area contributed by atoms with Crippen LogP contribution in [0.1, 0.15) is 21.6 Å². The lowest BCUT2D eigenvalue weighted by Gasteiger charge is -2.04. The van der Waals surface area contributed by atoms with Gasteiger partial charge in [-0.05, 0) is 36.8 Å². The van der Waals surface area contributed by atoms with Gasteiger partial charge >= 0.3 is 0 Å². The second-order valence-corrected chi connectivity index (χ2v) is 5.63. The number of methoxy groups -OCH3 is 1. The highest BCUT2D eigenvalue weighted by atomic mass is 16.5. The topological polar surface area (TPSA) is 76.5 Å². The summed E-state index contributed by atoms with van der Waals surface area (Å²) in [7, 11) is 1.61. The number of aromatic nitrogens is 2. The smallest absolute Gasteiger partial charge is 0.291 e. The largest absolute Gasteiger partial charge is 0.497 e. The standard InChI is InChI=1S/C20H18N4O2/c1-14-4-3-5-15(10-14)11-22-24-20(25)19-13-21-12-18(23-19)16-6-8-17(26-2)9-7-16/h3-13H,1-2H3,(H,24,25)/b22-11+. The van der Waals surface area contributed by atoms with E-state index in [2.05, 4.69) is 20.5 Å². The van der Waals surface area contributed by atoms with E-state index in [9.17, 15) is 4.79 Å². The predicted molar refractivity (Wildman–Crippen MR) is 100 cm³/mol. The second kappa shape index (κ2) is 8.02. The van der Waals surface area contributed by atoms with E-state index in [-0.39, 0.29) is 5.69 Å². The van der Waals surface area contributed by atoms with E-state index in [0.717, 1.165) is 22.4 Å². The Labute approximate surface area is 151 Å². The van der Waals surface area contributed by atoms with E-state index < -0.39 is 5.91 Å². The molecule has 0 radical (unpaired) electrons. The molecule has 6 heteroatoms. The molecule has 6 nitrogen and oxygen atoms in total. The van der Waals surface area contributed by atoms with Crippen LogP contribution in [-0.4, -0.2) is 29.2 Å². The number of amides is 1. The highest BCUT2D eigenvalue weighted by Crippen LogP contribution is 2.20. The third-order valence-electron chi connectivity index (χ3n) is 3.67. The van der Waals surface area contributed by atoms with Crippen molar-refractivity contribution in [1.29, 1.82) is 0 Å². The van der Waals surface area contributed by atoms with Crippen LogP contribution in [-0.2, 0) is 0 Å². The van der Waals surface area contributed by atoms with Crippen molar-refractivity contribution < 1.29 is 9.53 Å². The number of aryl methyl sites for hydroxylation is 1. The maximum Gasteiger partial charge on any atom is 0.291 e. The highest BCUT2D eigenvalue weighted by Gasteiger charge is 2.09. The number of hydrazone groups is 1. The van der Waals surface area contributed by atoms with Gasteiger partial charge in [-0.2, -0.15) is 5.10 Å². The predicted octanol–water partition coefficient (Wildman–Crippen LogP) is 3.22. The van der Waals surface area contributed by atoms with Gasteiger partial charge in [0.2, 0.25) is 0 Å². The Bertz CT molecular complexity index is 937. The van der Waals surface area contributed by atoms with Gasteiger partial charge in [0, 0.05) is 5.56 Å². The molecule has 1 N–H and O–H groups in total. The first kappa shape index (κ1) is 17.3. The maximum absolute atomic E-state index is 12.2. The molecule has 0 aliphatic heterocycles. The molecule has 0 saturated heterocycles. The average Bonchev–Trinajstić information content (AvgIpc) is 2.68. The summed E-state index contributed by atoms with van der Waals surface area (Å²) in [6.45, 7) is 2.00. The molecule has 0 spiro atoms. The zero-order valence-corrected chi connectivity index (χ0v) is 14.5. The number of nitrogens with zero attached hydrogens (tertiary/aromatic N) is 3. The van der Waals surface area contributed by atoms with Crippen molar-refractivity contribution >= 4 is 12.1 Å². The minimum absolute atomic E-state index is 0.194. The van der Waals surface area contributed by atoms with Gasteiger partial charge < -0.3 is 4.74 Å². The fraction of sp³-hybridized carbons (Fsp3) is 0.100. The van der Waals surface area contributed by atoms with Crippen LogP contribution in [0.25, 0.3) is 11.3 Å². The number of nitrogens with one attached hydrogen (secondary N) is 1. The van der Waals surface area contributed by atoms with Crippen LogP contribution >= 0.6 is 0 Å². The molecule has 2 aromatic carbocycles.